The number of methoxy groups -OCH3 is 1. The Kier molecular flexibility index (Phi) is 11.8. The Balaban J connectivity index is 1.79. The molecule has 0 amide bonds. The molecule has 0 saturated heterocycles. The topological polar surface area (TPSA) is 141 Å². The number of aromatic nitrogens is 1. The maximum Gasteiger partial charge on any atom is 0.344 e. The molecule has 1 aliphatic heterocycles. The van der Waals surface area contributed by atoms with Crippen molar-refractivity contribution < 1.29 is 42.8 Å². The summed E-state index contributed by atoms with van der Waals surface area (Å²) in [6.07, 6.45) is 1.71. The van der Waals surface area contributed by atoms with Crippen molar-refractivity contribution >= 4 is 51.3 Å². The summed E-state index contributed by atoms with van der Waals surface area (Å²) in [6.45, 7) is 7.02. The minimum Gasteiger partial charge on any atom is -0.490 e. The lowest BCUT2D eigenvalue weighted by Crippen LogP contribution is -2.40. The van der Waals surface area contributed by atoms with Crippen LogP contribution in [0.25, 0.3) is 6.08 Å². The zero-order valence-corrected chi connectivity index (χ0v) is 28.3. The fourth-order valence-corrected chi connectivity index (χ4v) is 6.16. The van der Waals surface area contributed by atoms with Gasteiger partial charge in [-0.15, -0.1) is 0 Å². The van der Waals surface area contributed by atoms with Crippen LogP contribution < -0.4 is 29.1 Å². The van der Waals surface area contributed by atoms with Gasteiger partial charge in [-0.3, -0.25) is 9.36 Å². The van der Waals surface area contributed by atoms with E-state index in [0.717, 1.165) is 0 Å². The summed E-state index contributed by atoms with van der Waals surface area (Å²) in [7, 11) is 1.26. The fourth-order valence-electron chi connectivity index (χ4n) is 4.60. The van der Waals surface area contributed by atoms with Gasteiger partial charge in [0.25, 0.3) is 5.56 Å². The van der Waals surface area contributed by atoms with Crippen LogP contribution >= 0.6 is 27.3 Å². The number of hydrogen-bond donors (Lipinski definition) is 0. The smallest absolute Gasteiger partial charge is 0.344 e. The summed E-state index contributed by atoms with van der Waals surface area (Å²) in [6, 6.07) is 9.27. The number of fused-ring (bicyclic) bond motifs is 1. The zero-order valence-electron chi connectivity index (χ0n) is 25.9. The number of esters is 3. The molecule has 0 bridgehead atoms. The van der Waals surface area contributed by atoms with Crippen LogP contribution in [0.1, 0.15) is 44.9 Å². The number of rotatable bonds is 13. The van der Waals surface area contributed by atoms with E-state index >= 15 is 0 Å². The van der Waals surface area contributed by atoms with Crippen LogP contribution in [-0.2, 0) is 28.6 Å². The lowest BCUT2D eigenvalue weighted by molar-refractivity contribution is -0.145. The Morgan fingerprint density at radius 3 is 2.28 bits per heavy atom. The van der Waals surface area contributed by atoms with E-state index in [4.69, 9.17) is 23.7 Å². The van der Waals surface area contributed by atoms with Gasteiger partial charge >= 0.3 is 17.9 Å². The molecule has 0 unspecified atom stereocenters. The molecule has 12 nitrogen and oxygen atoms in total. The maximum atomic E-state index is 14.0. The third-order valence-corrected chi connectivity index (χ3v) is 8.18. The van der Waals surface area contributed by atoms with Gasteiger partial charge < -0.3 is 28.4 Å². The minimum absolute atomic E-state index is 0.131. The molecule has 0 fully saturated rings. The lowest BCUT2D eigenvalue weighted by Gasteiger charge is -2.25. The highest BCUT2D eigenvalue weighted by atomic mass is 79.9. The number of halogens is 1. The number of nitrogens with zero attached hydrogens (tertiary/aromatic N) is 2. The Labute approximate surface area is 277 Å². The van der Waals surface area contributed by atoms with E-state index in [9.17, 15) is 19.2 Å². The molecule has 0 radical (unpaired) electrons. The van der Waals surface area contributed by atoms with Crippen LogP contribution in [0.2, 0.25) is 0 Å². The molecule has 0 saturated carbocycles. The SMILES string of the molecule is CCOC(=O)COc1ccc(/C=c2\sc3n(c2=O)[C@@H](c2ccc(OCC(=O)OC)c(OCC)c2)C(C(=O)OCC)=C(C)N=3)cc1Br. The van der Waals surface area contributed by atoms with Crippen LogP contribution in [-0.4, -0.2) is 62.6 Å². The number of ether oxygens (including phenoxy) is 6. The second kappa shape index (κ2) is 15.7. The number of carbonyl (C=O) groups is 3. The van der Waals surface area contributed by atoms with Crippen LogP contribution in [0.5, 0.6) is 17.2 Å². The first-order valence-corrected chi connectivity index (χ1v) is 16.0. The first kappa shape index (κ1) is 34.4. The van der Waals surface area contributed by atoms with E-state index in [2.05, 4.69) is 25.7 Å². The average Bonchev–Trinajstić information content (AvgIpc) is 3.33. The summed E-state index contributed by atoms with van der Waals surface area (Å²) in [5.74, 6) is -0.600. The van der Waals surface area contributed by atoms with Crippen molar-refractivity contribution in [3.63, 3.8) is 0 Å². The molecule has 4 rings (SSSR count). The van der Waals surface area contributed by atoms with Crippen molar-refractivity contribution in [1.82, 2.24) is 4.57 Å². The highest BCUT2D eigenvalue weighted by molar-refractivity contribution is 9.10. The minimum atomic E-state index is -0.892. The van der Waals surface area contributed by atoms with Gasteiger partial charge in [0.15, 0.2) is 29.5 Å². The summed E-state index contributed by atoms with van der Waals surface area (Å²) in [5, 5.41) is 0. The standard InChI is InChI=1S/C32H33BrN2O10S/c1-6-41-24-15-20(10-12-23(24)45-16-26(36)40-5)29-28(31(39)43-8-3)18(4)34-32-35(29)30(38)25(46-32)14-19-9-11-22(21(33)13-19)44-17-27(37)42-7-2/h9-15,29H,6-8,16-17H2,1-5H3/b25-14-/t29-/m0/s1. The van der Waals surface area contributed by atoms with Crippen molar-refractivity contribution in [3.8, 4) is 17.2 Å². The monoisotopic (exact) mass is 716 g/mol. The number of thiazole rings is 1. The van der Waals surface area contributed by atoms with E-state index < -0.39 is 23.9 Å². The van der Waals surface area contributed by atoms with Gasteiger partial charge in [-0.1, -0.05) is 23.5 Å². The Morgan fingerprint density at radius 2 is 1.61 bits per heavy atom. The average molecular weight is 718 g/mol. The summed E-state index contributed by atoms with van der Waals surface area (Å²) in [5.41, 5.74) is 1.48. The van der Waals surface area contributed by atoms with Gasteiger partial charge in [0.05, 0.1) is 53.2 Å². The number of carbonyl (C=O) groups excluding carboxylic acids is 3. The summed E-state index contributed by atoms with van der Waals surface area (Å²) >= 11 is 4.63. The zero-order chi connectivity index (χ0) is 33.4. The normalized spacial score (nSPS) is 14.2. The van der Waals surface area contributed by atoms with Crippen molar-refractivity contribution in [2.45, 2.75) is 33.7 Å². The Bertz CT molecular complexity index is 1850. The second-order valence-corrected chi connectivity index (χ2v) is 11.5. The lowest BCUT2D eigenvalue weighted by atomic mass is 9.95. The largest absolute Gasteiger partial charge is 0.490 e. The van der Waals surface area contributed by atoms with E-state index in [1.54, 1.807) is 70.2 Å². The van der Waals surface area contributed by atoms with E-state index in [0.29, 0.717) is 54.5 Å². The number of benzene rings is 2. The first-order valence-electron chi connectivity index (χ1n) is 14.4. The molecular formula is C32H33BrN2O10S. The molecule has 0 spiro atoms. The van der Waals surface area contributed by atoms with Crippen LogP contribution in [0.3, 0.4) is 0 Å². The Hall–Kier alpha value is -4.43. The quantitative estimate of drug-likeness (QED) is 0.191. The predicted molar refractivity (Wildman–Crippen MR) is 172 cm³/mol. The van der Waals surface area contributed by atoms with Gasteiger partial charge in [0.1, 0.15) is 5.75 Å². The van der Waals surface area contributed by atoms with Crippen molar-refractivity contribution in [3.05, 3.63) is 83.0 Å². The van der Waals surface area contributed by atoms with Gasteiger partial charge in [-0.2, -0.15) is 0 Å². The molecule has 0 aliphatic carbocycles. The molecule has 1 aliphatic rings. The van der Waals surface area contributed by atoms with Crippen LogP contribution in [0.4, 0.5) is 0 Å². The maximum absolute atomic E-state index is 14.0. The molecule has 2 heterocycles. The van der Waals surface area contributed by atoms with Crippen molar-refractivity contribution in [2.24, 2.45) is 4.99 Å². The second-order valence-electron chi connectivity index (χ2n) is 9.59. The Morgan fingerprint density at radius 1 is 0.913 bits per heavy atom. The molecular weight excluding hydrogens is 684 g/mol. The molecule has 0 N–H and O–H groups in total. The van der Waals surface area contributed by atoms with E-state index in [1.807, 2.05) is 0 Å². The van der Waals surface area contributed by atoms with E-state index in [1.165, 1.54) is 23.0 Å². The van der Waals surface area contributed by atoms with Gasteiger partial charge in [-0.05, 0) is 85.1 Å². The molecule has 3 aromatic rings. The van der Waals surface area contributed by atoms with Crippen LogP contribution in [0, 0.1) is 0 Å². The van der Waals surface area contributed by atoms with Crippen molar-refractivity contribution in [2.75, 3.05) is 40.1 Å². The van der Waals surface area contributed by atoms with Crippen molar-refractivity contribution in [1.29, 1.82) is 0 Å². The predicted octanol–water partition coefficient (Wildman–Crippen LogP) is 3.45. The summed E-state index contributed by atoms with van der Waals surface area (Å²) < 4.78 is 34.3. The van der Waals surface area contributed by atoms with Gasteiger partial charge in [0.2, 0.25) is 0 Å². The fraction of sp³-hybridized carbons (Fsp3) is 0.344. The highest BCUT2D eigenvalue weighted by Crippen LogP contribution is 2.36. The van der Waals surface area contributed by atoms with Gasteiger partial charge in [0, 0.05) is 0 Å². The molecule has 46 heavy (non-hydrogen) atoms. The number of allylic oxidation sites excluding steroid dienone is 1. The molecule has 1 atom stereocenters. The third kappa shape index (κ3) is 7.85. The summed E-state index contributed by atoms with van der Waals surface area (Å²) in [4.78, 5) is 55.7. The van der Waals surface area contributed by atoms with E-state index in [-0.39, 0.29) is 37.6 Å². The molecule has 244 valence electrons. The molecule has 1 aromatic heterocycles. The number of hydrogen-bond acceptors (Lipinski definition) is 12. The highest BCUT2D eigenvalue weighted by Gasteiger charge is 2.34. The molecule has 14 heteroatoms. The third-order valence-electron chi connectivity index (χ3n) is 6.58. The van der Waals surface area contributed by atoms with Crippen LogP contribution in [0.15, 0.2) is 61.9 Å². The first-order chi connectivity index (χ1) is 22.1. The molecule has 2 aromatic carbocycles. The van der Waals surface area contributed by atoms with Gasteiger partial charge in [-0.25, -0.2) is 19.4 Å².